The van der Waals surface area contributed by atoms with E-state index in [1.807, 2.05) is 0 Å². The minimum absolute atomic E-state index is 0. The summed E-state index contributed by atoms with van der Waals surface area (Å²) >= 11 is 0. The van der Waals surface area contributed by atoms with Gasteiger partial charge in [0.05, 0.1) is 0 Å². The molecule has 0 spiro atoms. The van der Waals surface area contributed by atoms with Gasteiger partial charge in [-0.25, -0.2) is 0 Å². The summed E-state index contributed by atoms with van der Waals surface area (Å²) in [4.78, 5) is -0.276. The Morgan fingerprint density at radius 1 is 0.788 bits per heavy atom. The van der Waals surface area contributed by atoms with E-state index in [1.165, 1.54) is 94.5 Å². The molecule has 0 radical (unpaired) electrons. The van der Waals surface area contributed by atoms with Crippen molar-refractivity contribution >= 4 is 10.1 Å². The third kappa shape index (κ3) is 12.3. The molecule has 33 heavy (non-hydrogen) atoms. The van der Waals surface area contributed by atoms with Gasteiger partial charge >= 0.3 is 29.6 Å². The van der Waals surface area contributed by atoms with Crippen LogP contribution in [0.3, 0.4) is 0 Å². The van der Waals surface area contributed by atoms with Crippen LogP contribution in [0.15, 0.2) is 47.4 Å². The molecule has 0 saturated carbocycles. The molecule has 5 nitrogen and oxygen atoms in total. The Hall–Kier alpha value is -1.05. The fourth-order valence-corrected chi connectivity index (χ4v) is 4.40. The molecule has 2 rings (SSSR count). The van der Waals surface area contributed by atoms with Crippen molar-refractivity contribution in [3.63, 3.8) is 0 Å². The number of aryl methyl sites for hydroxylation is 1. The van der Waals surface area contributed by atoms with Gasteiger partial charge in [-0.3, -0.25) is 4.55 Å². The number of unbranched alkanes of at least 4 members (excludes halogenated alkanes) is 11. The van der Waals surface area contributed by atoms with Gasteiger partial charge in [-0.1, -0.05) is 95.8 Å². The Morgan fingerprint density at radius 2 is 1.30 bits per heavy atom. The summed E-state index contributed by atoms with van der Waals surface area (Å²) in [5, 5.41) is 11.3. The molecule has 0 aliphatic carbocycles. The molecule has 0 aliphatic heterocycles. The molecule has 1 N–H and O–H groups in total. The first-order valence-electron chi connectivity index (χ1n) is 12.0. The van der Waals surface area contributed by atoms with Crippen LogP contribution in [-0.4, -0.2) is 13.0 Å². The van der Waals surface area contributed by atoms with Gasteiger partial charge in [0, 0.05) is 0 Å². The molecule has 0 saturated heterocycles. The molecule has 2 aromatic rings. The maximum atomic E-state index is 11.7. The van der Waals surface area contributed by atoms with Gasteiger partial charge in [-0.05, 0) is 42.7 Å². The van der Waals surface area contributed by atoms with Crippen LogP contribution in [0.5, 0.6) is 17.2 Å². The molecule has 178 valence electrons. The maximum absolute atomic E-state index is 11.7. The van der Waals surface area contributed by atoms with Crippen LogP contribution in [-0.2, 0) is 16.5 Å². The van der Waals surface area contributed by atoms with E-state index in [9.17, 15) is 18.1 Å². The van der Waals surface area contributed by atoms with E-state index in [0.717, 1.165) is 24.8 Å². The van der Waals surface area contributed by atoms with Crippen molar-refractivity contribution in [1.82, 2.24) is 0 Å². The van der Waals surface area contributed by atoms with E-state index >= 15 is 0 Å². The van der Waals surface area contributed by atoms with Crippen LogP contribution < -0.4 is 39.4 Å². The monoisotopic (exact) mass is 484 g/mol. The minimum Gasteiger partial charge on any atom is -0.872 e. The Morgan fingerprint density at radius 3 is 1.82 bits per heavy atom. The number of rotatable bonds is 16. The largest absolute Gasteiger partial charge is 1.00 e. The van der Waals surface area contributed by atoms with Crippen LogP contribution in [0.1, 0.15) is 89.5 Å². The summed E-state index contributed by atoms with van der Waals surface area (Å²) in [7, 11) is -4.41. The maximum Gasteiger partial charge on any atom is 1.00 e. The number of hydrogen-bond donors (Lipinski definition) is 1. The first-order chi connectivity index (χ1) is 15.4. The van der Waals surface area contributed by atoms with E-state index in [-0.39, 0.29) is 46.0 Å². The van der Waals surface area contributed by atoms with Gasteiger partial charge in [0.25, 0.3) is 10.1 Å². The number of hydrogen-bond acceptors (Lipinski definition) is 4. The standard InChI is InChI=1S/C26H38O5S.Na/c1-2-3-4-5-6-7-8-9-10-11-12-13-14-22-15-20-26(32(28,29)30)25(21-22)31-24-18-16-23(27)17-19-24;/h15-21,27H,2-14H2,1H3,(H,28,29,30);/q;+1/p-1. The molecule has 0 aliphatic rings. The van der Waals surface area contributed by atoms with Crippen LogP contribution >= 0.6 is 0 Å². The SMILES string of the molecule is CCCCCCCCCCCCCCc1ccc(S(=O)(=O)O)c(Oc2ccc([O-])cc2)c1.[Na+]. The fraction of sp³-hybridized carbons (Fsp3) is 0.538. The van der Waals surface area contributed by atoms with Gasteiger partial charge in [0.1, 0.15) is 16.4 Å². The summed E-state index contributed by atoms with van der Waals surface area (Å²) in [6.45, 7) is 2.25. The van der Waals surface area contributed by atoms with Crippen LogP contribution in [0.4, 0.5) is 0 Å². The summed E-state index contributed by atoms with van der Waals surface area (Å²) < 4.78 is 38.6. The fourth-order valence-electron chi connectivity index (χ4n) is 3.81. The van der Waals surface area contributed by atoms with Crippen LogP contribution in [0.25, 0.3) is 0 Å². The van der Waals surface area contributed by atoms with Gasteiger partial charge in [-0.2, -0.15) is 8.42 Å². The zero-order chi connectivity index (χ0) is 23.2. The quantitative estimate of drug-likeness (QED) is 0.221. The van der Waals surface area contributed by atoms with Gasteiger partial charge in [0.2, 0.25) is 0 Å². The predicted octanol–water partition coefficient (Wildman–Crippen LogP) is 4.05. The molecule has 2 aromatic carbocycles. The Labute approximate surface area is 222 Å². The molecular weight excluding hydrogens is 447 g/mol. The smallest absolute Gasteiger partial charge is 0.872 e. The van der Waals surface area contributed by atoms with Crippen LogP contribution in [0.2, 0.25) is 0 Å². The summed E-state index contributed by atoms with van der Waals surface area (Å²) in [5.74, 6) is 0.257. The summed E-state index contributed by atoms with van der Waals surface area (Å²) in [6, 6.07) is 10.4. The van der Waals surface area contributed by atoms with Crippen molar-refractivity contribution in [3.8, 4) is 17.2 Å². The van der Waals surface area contributed by atoms with Gasteiger partial charge < -0.3 is 9.84 Å². The third-order valence-corrected chi connectivity index (χ3v) is 6.55. The molecule has 0 aromatic heterocycles. The molecule has 7 heteroatoms. The van der Waals surface area contributed by atoms with Gasteiger partial charge in [0.15, 0.2) is 0 Å². The normalized spacial score (nSPS) is 11.2. The minimum atomic E-state index is -4.41. The molecular formula is C26H37NaO5S. The van der Waals surface area contributed by atoms with E-state index in [0.29, 0.717) is 5.75 Å². The number of ether oxygens (including phenoxy) is 1. The Bertz CT molecular complexity index is 897. The van der Waals surface area contributed by atoms with Crippen LogP contribution in [0, 0.1) is 0 Å². The first kappa shape index (κ1) is 30.0. The predicted molar refractivity (Wildman–Crippen MR) is 127 cm³/mol. The Balaban J connectivity index is 0.00000544. The molecule has 0 bridgehead atoms. The van der Waals surface area contributed by atoms with E-state index < -0.39 is 10.1 Å². The Kier molecular flexibility index (Phi) is 15.0. The average molecular weight is 485 g/mol. The molecule has 0 atom stereocenters. The second-order valence-corrected chi connectivity index (χ2v) is 9.86. The molecule has 0 unspecified atom stereocenters. The second-order valence-electron chi connectivity index (χ2n) is 8.47. The molecule has 0 fully saturated rings. The van der Waals surface area contributed by atoms with E-state index in [1.54, 1.807) is 12.1 Å². The average Bonchev–Trinajstić information content (AvgIpc) is 2.75. The van der Waals surface area contributed by atoms with Crippen molar-refractivity contribution < 1.29 is 52.4 Å². The summed E-state index contributed by atoms with van der Waals surface area (Å²) in [5.41, 5.74) is 0.958. The van der Waals surface area contributed by atoms with Gasteiger partial charge in [-0.15, -0.1) is 5.75 Å². The molecule has 0 heterocycles. The van der Waals surface area contributed by atoms with Crippen molar-refractivity contribution in [1.29, 1.82) is 0 Å². The third-order valence-electron chi connectivity index (χ3n) is 5.66. The van der Waals surface area contributed by atoms with E-state index in [4.69, 9.17) is 4.74 Å². The first-order valence-corrected chi connectivity index (χ1v) is 13.4. The topological polar surface area (TPSA) is 86.7 Å². The zero-order valence-electron chi connectivity index (χ0n) is 20.2. The van der Waals surface area contributed by atoms with Crippen molar-refractivity contribution in [2.24, 2.45) is 0 Å². The van der Waals surface area contributed by atoms with Crippen molar-refractivity contribution in [3.05, 3.63) is 48.0 Å². The number of benzene rings is 2. The van der Waals surface area contributed by atoms with Crippen molar-refractivity contribution in [2.45, 2.75) is 95.3 Å². The zero-order valence-corrected chi connectivity index (χ0v) is 23.0. The molecule has 0 amide bonds. The summed E-state index contributed by atoms with van der Waals surface area (Å²) in [6.07, 6.45) is 16.2. The van der Waals surface area contributed by atoms with E-state index in [2.05, 4.69) is 6.92 Å². The van der Waals surface area contributed by atoms with Crippen molar-refractivity contribution in [2.75, 3.05) is 0 Å². The second kappa shape index (κ2) is 16.6.